The van der Waals surface area contributed by atoms with Crippen LogP contribution in [0.2, 0.25) is 0 Å². The van der Waals surface area contributed by atoms with E-state index in [9.17, 15) is 9.59 Å². The van der Waals surface area contributed by atoms with Crippen molar-refractivity contribution in [2.24, 2.45) is 5.41 Å². The number of imide groups is 1. The standard InChI is InChI=1S/C14H19N3O2/c1-13(2)11(18)17(12(19)16-14(13,3)4)10-7-5-6-9(15)8-10/h5-8H,15H2,1-4H3,(H,16,19). The average molecular weight is 261 g/mol. The van der Waals surface area contributed by atoms with Crippen LogP contribution in [0.25, 0.3) is 0 Å². The smallest absolute Gasteiger partial charge is 0.329 e. The number of hydrogen-bond acceptors (Lipinski definition) is 3. The van der Waals surface area contributed by atoms with E-state index in [4.69, 9.17) is 5.73 Å². The molecule has 5 nitrogen and oxygen atoms in total. The number of rotatable bonds is 1. The fourth-order valence-corrected chi connectivity index (χ4v) is 2.02. The summed E-state index contributed by atoms with van der Waals surface area (Å²) in [5.74, 6) is -0.230. The summed E-state index contributed by atoms with van der Waals surface area (Å²) in [7, 11) is 0. The van der Waals surface area contributed by atoms with Crippen molar-refractivity contribution < 1.29 is 9.59 Å². The summed E-state index contributed by atoms with van der Waals surface area (Å²) in [4.78, 5) is 25.9. The van der Waals surface area contributed by atoms with Crippen LogP contribution >= 0.6 is 0 Å². The summed E-state index contributed by atoms with van der Waals surface area (Å²) < 4.78 is 0. The van der Waals surface area contributed by atoms with Crippen molar-refractivity contribution in [2.45, 2.75) is 33.2 Å². The molecule has 3 amide bonds. The van der Waals surface area contributed by atoms with Crippen molar-refractivity contribution in [3.63, 3.8) is 0 Å². The molecular formula is C14H19N3O2. The highest BCUT2D eigenvalue weighted by atomic mass is 16.2. The lowest BCUT2D eigenvalue weighted by Crippen LogP contribution is -2.69. The number of nitrogens with two attached hydrogens (primary N) is 1. The molecule has 1 aromatic carbocycles. The number of benzene rings is 1. The molecule has 0 atom stereocenters. The maximum absolute atomic E-state index is 12.6. The summed E-state index contributed by atoms with van der Waals surface area (Å²) in [6.45, 7) is 7.35. The Labute approximate surface area is 112 Å². The molecule has 2 rings (SSSR count). The molecule has 1 saturated heterocycles. The van der Waals surface area contributed by atoms with E-state index in [1.807, 2.05) is 27.7 Å². The van der Waals surface area contributed by atoms with Gasteiger partial charge in [-0.2, -0.15) is 0 Å². The Kier molecular flexibility index (Phi) is 2.81. The molecule has 0 bridgehead atoms. The van der Waals surface area contributed by atoms with Gasteiger partial charge in [-0.25, -0.2) is 9.69 Å². The first-order valence-corrected chi connectivity index (χ1v) is 6.19. The van der Waals surface area contributed by atoms with Crippen molar-refractivity contribution in [1.29, 1.82) is 0 Å². The lowest BCUT2D eigenvalue weighted by Gasteiger charge is -2.48. The zero-order chi connectivity index (χ0) is 14.4. The zero-order valence-corrected chi connectivity index (χ0v) is 11.7. The van der Waals surface area contributed by atoms with Crippen LogP contribution in [0.1, 0.15) is 27.7 Å². The Balaban J connectivity index is 2.48. The van der Waals surface area contributed by atoms with Gasteiger partial charge in [-0.05, 0) is 45.9 Å². The van der Waals surface area contributed by atoms with Gasteiger partial charge in [-0.15, -0.1) is 0 Å². The SMILES string of the molecule is CC1(C)NC(=O)N(c2cccc(N)c2)C(=O)C1(C)C. The minimum Gasteiger partial charge on any atom is -0.399 e. The van der Waals surface area contributed by atoms with E-state index in [1.54, 1.807) is 24.3 Å². The molecule has 1 aliphatic heterocycles. The number of nitrogens with one attached hydrogen (secondary N) is 1. The van der Waals surface area contributed by atoms with Gasteiger partial charge < -0.3 is 11.1 Å². The predicted octanol–water partition coefficient (Wildman–Crippen LogP) is 2.13. The Bertz CT molecular complexity index is 549. The molecular weight excluding hydrogens is 242 g/mol. The molecule has 0 spiro atoms. The molecule has 0 radical (unpaired) electrons. The molecule has 0 saturated carbocycles. The van der Waals surface area contributed by atoms with Gasteiger partial charge >= 0.3 is 6.03 Å². The van der Waals surface area contributed by atoms with Crippen LogP contribution in [-0.4, -0.2) is 17.5 Å². The first-order valence-electron chi connectivity index (χ1n) is 6.19. The van der Waals surface area contributed by atoms with Crippen LogP contribution < -0.4 is 16.0 Å². The Morgan fingerprint density at radius 2 is 1.79 bits per heavy atom. The molecule has 1 aliphatic rings. The lowest BCUT2D eigenvalue weighted by atomic mass is 9.72. The highest BCUT2D eigenvalue weighted by Gasteiger charge is 2.52. The largest absolute Gasteiger partial charge is 0.399 e. The quantitative estimate of drug-likeness (QED) is 0.760. The van der Waals surface area contributed by atoms with Crippen LogP contribution in [0.15, 0.2) is 24.3 Å². The van der Waals surface area contributed by atoms with E-state index in [0.29, 0.717) is 11.4 Å². The van der Waals surface area contributed by atoms with Gasteiger partial charge in [-0.1, -0.05) is 6.07 Å². The van der Waals surface area contributed by atoms with E-state index in [1.165, 1.54) is 0 Å². The highest BCUT2D eigenvalue weighted by Crippen LogP contribution is 2.38. The van der Waals surface area contributed by atoms with Crippen LogP contribution in [0.3, 0.4) is 0 Å². The van der Waals surface area contributed by atoms with Crippen LogP contribution in [0, 0.1) is 5.41 Å². The van der Waals surface area contributed by atoms with Gasteiger partial charge in [-0.3, -0.25) is 4.79 Å². The third-order valence-corrected chi connectivity index (χ3v) is 4.05. The third-order valence-electron chi connectivity index (χ3n) is 4.05. The maximum Gasteiger partial charge on any atom is 0.329 e. The number of nitrogen functional groups attached to an aromatic ring is 1. The first kappa shape index (κ1) is 13.4. The van der Waals surface area contributed by atoms with E-state index >= 15 is 0 Å². The van der Waals surface area contributed by atoms with Gasteiger partial charge in [0.05, 0.1) is 16.6 Å². The van der Waals surface area contributed by atoms with E-state index in [0.717, 1.165) is 4.90 Å². The van der Waals surface area contributed by atoms with Crippen LogP contribution in [-0.2, 0) is 4.79 Å². The maximum atomic E-state index is 12.6. The molecule has 102 valence electrons. The number of nitrogens with zero attached hydrogens (tertiary/aromatic N) is 1. The molecule has 0 unspecified atom stereocenters. The van der Waals surface area contributed by atoms with E-state index < -0.39 is 17.0 Å². The number of hydrogen-bond donors (Lipinski definition) is 2. The minimum absolute atomic E-state index is 0.230. The van der Waals surface area contributed by atoms with Gasteiger partial charge in [0.15, 0.2) is 0 Å². The average Bonchev–Trinajstić information content (AvgIpc) is 2.26. The van der Waals surface area contributed by atoms with Crippen molar-refractivity contribution in [2.75, 3.05) is 10.6 Å². The second-order valence-electron chi connectivity index (χ2n) is 5.92. The fraction of sp³-hybridized carbons (Fsp3) is 0.429. The second-order valence-corrected chi connectivity index (χ2v) is 5.92. The first-order chi connectivity index (χ1) is 8.67. The minimum atomic E-state index is -0.703. The molecule has 0 aromatic heterocycles. The molecule has 5 heteroatoms. The normalized spacial score (nSPS) is 21.2. The third kappa shape index (κ3) is 1.95. The Hall–Kier alpha value is -2.04. The topological polar surface area (TPSA) is 75.4 Å². The summed E-state index contributed by atoms with van der Waals surface area (Å²) >= 11 is 0. The van der Waals surface area contributed by atoms with Crippen LogP contribution in [0.5, 0.6) is 0 Å². The monoisotopic (exact) mass is 261 g/mol. The van der Waals surface area contributed by atoms with E-state index in [2.05, 4.69) is 5.32 Å². The number of carbonyl (C=O) groups excluding carboxylic acids is 2. The predicted molar refractivity (Wildman–Crippen MR) is 74.7 cm³/mol. The fourth-order valence-electron chi connectivity index (χ4n) is 2.02. The lowest BCUT2D eigenvalue weighted by molar-refractivity contribution is -0.130. The molecule has 1 fully saturated rings. The second kappa shape index (κ2) is 3.98. The van der Waals surface area contributed by atoms with Crippen molar-refractivity contribution in [3.05, 3.63) is 24.3 Å². The number of amides is 3. The van der Waals surface area contributed by atoms with Crippen molar-refractivity contribution >= 4 is 23.3 Å². The summed E-state index contributed by atoms with van der Waals surface area (Å²) in [6, 6.07) is 6.33. The van der Waals surface area contributed by atoms with Gasteiger partial charge in [0, 0.05) is 5.69 Å². The van der Waals surface area contributed by atoms with Gasteiger partial charge in [0.2, 0.25) is 5.91 Å². The van der Waals surface area contributed by atoms with Gasteiger partial charge in [0.1, 0.15) is 0 Å². The molecule has 1 heterocycles. The van der Waals surface area contributed by atoms with Crippen molar-refractivity contribution in [1.82, 2.24) is 5.32 Å². The molecule has 0 aliphatic carbocycles. The molecule has 19 heavy (non-hydrogen) atoms. The number of carbonyl (C=O) groups is 2. The number of urea groups is 1. The van der Waals surface area contributed by atoms with E-state index in [-0.39, 0.29) is 5.91 Å². The zero-order valence-electron chi connectivity index (χ0n) is 11.7. The summed E-state index contributed by atoms with van der Waals surface area (Å²) in [5, 5.41) is 2.87. The van der Waals surface area contributed by atoms with Crippen molar-refractivity contribution in [3.8, 4) is 0 Å². The Morgan fingerprint density at radius 1 is 1.16 bits per heavy atom. The highest BCUT2D eigenvalue weighted by molar-refractivity contribution is 6.18. The summed E-state index contributed by atoms with van der Waals surface area (Å²) in [6.07, 6.45) is 0. The number of anilines is 2. The van der Waals surface area contributed by atoms with Gasteiger partial charge in [0.25, 0.3) is 0 Å². The summed E-state index contributed by atoms with van der Waals surface area (Å²) in [5.41, 5.74) is 5.41. The molecule has 1 aromatic rings. The molecule has 3 N–H and O–H groups in total. The Morgan fingerprint density at radius 3 is 2.37 bits per heavy atom. The van der Waals surface area contributed by atoms with Crippen LogP contribution in [0.4, 0.5) is 16.2 Å².